The molecule has 0 saturated carbocycles. The van der Waals surface area contributed by atoms with Crippen LogP contribution in [0.25, 0.3) is 11.1 Å². The SMILES string of the molecule is COc1ccccc1-c1ccccc1NC(=O)c1cn(C)nc1C(F)(F)F. The van der Waals surface area contributed by atoms with Crippen LogP contribution in [0.5, 0.6) is 5.75 Å². The molecule has 2 aromatic carbocycles. The lowest BCUT2D eigenvalue weighted by molar-refractivity contribution is -0.141. The number of nitrogens with one attached hydrogen (secondary N) is 1. The van der Waals surface area contributed by atoms with Crippen molar-refractivity contribution in [3.8, 4) is 16.9 Å². The van der Waals surface area contributed by atoms with Crippen LogP contribution in [-0.2, 0) is 13.2 Å². The fraction of sp³-hybridized carbons (Fsp3) is 0.158. The van der Waals surface area contributed by atoms with Crippen molar-refractivity contribution in [3.05, 3.63) is 66.0 Å². The van der Waals surface area contributed by atoms with E-state index in [-0.39, 0.29) is 0 Å². The first-order valence-electron chi connectivity index (χ1n) is 7.96. The van der Waals surface area contributed by atoms with Crippen LogP contribution in [-0.4, -0.2) is 22.8 Å². The van der Waals surface area contributed by atoms with E-state index in [0.717, 1.165) is 10.9 Å². The lowest BCUT2D eigenvalue weighted by Crippen LogP contribution is -2.18. The van der Waals surface area contributed by atoms with Crippen LogP contribution in [0.1, 0.15) is 16.1 Å². The fourth-order valence-electron chi connectivity index (χ4n) is 2.75. The third-order valence-electron chi connectivity index (χ3n) is 3.91. The van der Waals surface area contributed by atoms with E-state index in [1.807, 2.05) is 0 Å². The van der Waals surface area contributed by atoms with Crippen LogP contribution in [0.15, 0.2) is 54.7 Å². The standard InChI is InChI=1S/C19H16F3N3O2/c1-25-11-14(17(24-25)19(20,21)22)18(26)23-15-9-5-3-7-12(15)13-8-4-6-10-16(13)27-2/h3-11H,1-2H3,(H,23,26). The van der Waals surface area contributed by atoms with E-state index in [1.165, 1.54) is 14.2 Å². The summed E-state index contributed by atoms with van der Waals surface area (Å²) in [5.74, 6) is -0.311. The minimum absolute atomic E-state index is 0.365. The number of nitrogens with zero attached hydrogens (tertiary/aromatic N) is 2. The second kappa shape index (κ2) is 7.14. The highest BCUT2D eigenvalue weighted by Gasteiger charge is 2.39. The maximum absolute atomic E-state index is 13.1. The van der Waals surface area contributed by atoms with Crippen LogP contribution in [0.4, 0.5) is 18.9 Å². The average Bonchev–Trinajstić information content (AvgIpc) is 3.04. The number of hydrogen-bond acceptors (Lipinski definition) is 3. The van der Waals surface area contributed by atoms with Crippen LogP contribution < -0.4 is 10.1 Å². The maximum Gasteiger partial charge on any atom is 0.435 e. The molecular formula is C19H16F3N3O2. The van der Waals surface area contributed by atoms with Gasteiger partial charge in [0.2, 0.25) is 0 Å². The van der Waals surface area contributed by atoms with Gasteiger partial charge in [0.25, 0.3) is 5.91 Å². The third kappa shape index (κ3) is 3.79. The highest BCUT2D eigenvalue weighted by Crippen LogP contribution is 2.36. The van der Waals surface area contributed by atoms with Crippen molar-refractivity contribution in [1.82, 2.24) is 9.78 Å². The molecule has 140 valence electrons. The molecule has 3 aromatic rings. The number of ether oxygens (including phenoxy) is 1. The van der Waals surface area contributed by atoms with Gasteiger partial charge in [-0.1, -0.05) is 36.4 Å². The molecule has 0 fully saturated rings. The summed E-state index contributed by atoms with van der Waals surface area (Å²) in [5.41, 5.74) is -0.0695. The number of rotatable bonds is 4. The van der Waals surface area contributed by atoms with Gasteiger partial charge in [-0.25, -0.2) is 0 Å². The van der Waals surface area contributed by atoms with Gasteiger partial charge in [-0.05, 0) is 12.1 Å². The number of halogens is 3. The van der Waals surface area contributed by atoms with Crippen molar-refractivity contribution in [2.45, 2.75) is 6.18 Å². The molecule has 0 bridgehead atoms. The number of carbonyl (C=O) groups is 1. The van der Waals surface area contributed by atoms with Crippen molar-refractivity contribution >= 4 is 11.6 Å². The second-order valence-electron chi connectivity index (χ2n) is 5.76. The number of hydrogen-bond donors (Lipinski definition) is 1. The van der Waals surface area contributed by atoms with Gasteiger partial charge in [0.05, 0.1) is 12.7 Å². The first-order chi connectivity index (χ1) is 12.8. The van der Waals surface area contributed by atoms with Gasteiger partial charge in [-0.3, -0.25) is 9.48 Å². The van der Waals surface area contributed by atoms with Gasteiger partial charge >= 0.3 is 6.18 Å². The number of carbonyl (C=O) groups excluding carboxylic acids is 1. The Bertz CT molecular complexity index is 980. The van der Waals surface area contributed by atoms with E-state index in [9.17, 15) is 18.0 Å². The van der Waals surface area contributed by atoms with Gasteiger partial charge < -0.3 is 10.1 Å². The minimum Gasteiger partial charge on any atom is -0.496 e. The number of alkyl halides is 3. The molecule has 8 heteroatoms. The number of amides is 1. The summed E-state index contributed by atoms with van der Waals surface area (Å²) in [5, 5.41) is 5.92. The first-order valence-corrected chi connectivity index (χ1v) is 7.96. The van der Waals surface area contributed by atoms with Gasteiger partial charge in [0.15, 0.2) is 5.69 Å². The molecule has 0 aliphatic carbocycles. The summed E-state index contributed by atoms with van der Waals surface area (Å²) in [7, 11) is 2.85. The van der Waals surface area contributed by atoms with Crippen molar-refractivity contribution < 1.29 is 22.7 Å². The molecule has 0 radical (unpaired) electrons. The zero-order chi connectivity index (χ0) is 19.6. The number of methoxy groups -OCH3 is 1. The summed E-state index contributed by atoms with van der Waals surface area (Å²) in [6, 6.07) is 14.0. The van der Waals surface area contributed by atoms with Crippen LogP contribution >= 0.6 is 0 Å². The van der Waals surface area contributed by atoms with E-state index in [1.54, 1.807) is 48.5 Å². The van der Waals surface area contributed by atoms with E-state index in [2.05, 4.69) is 10.4 Å². The smallest absolute Gasteiger partial charge is 0.435 e. The third-order valence-corrected chi connectivity index (χ3v) is 3.91. The largest absolute Gasteiger partial charge is 0.496 e. The summed E-state index contributed by atoms with van der Waals surface area (Å²) < 4.78 is 45.7. The van der Waals surface area contributed by atoms with Crippen molar-refractivity contribution in [3.63, 3.8) is 0 Å². The lowest BCUT2D eigenvalue weighted by Gasteiger charge is -2.14. The van der Waals surface area contributed by atoms with Crippen molar-refractivity contribution in [2.24, 2.45) is 7.05 Å². The predicted octanol–water partition coefficient (Wildman–Crippen LogP) is 4.37. The predicted molar refractivity (Wildman–Crippen MR) is 94.6 cm³/mol. The Hall–Kier alpha value is -3.29. The van der Waals surface area contributed by atoms with Crippen LogP contribution in [0, 0.1) is 0 Å². The van der Waals surface area contributed by atoms with Crippen molar-refractivity contribution in [1.29, 1.82) is 0 Å². The Morgan fingerprint density at radius 3 is 2.37 bits per heavy atom. The summed E-state index contributed by atoms with van der Waals surface area (Å²) in [6.07, 6.45) is -3.68. The molecule has 1 N–H and O–H groups in total. The average molecular weight is 375 g/mol. The molecule has 27 heavy (non-hydrogen) atoms. The van der Waals surface area contributed by atoms with Gasteiger partial charge in [0, 0.05) is 30.1 Å². The highest BCUT2D eigenvalue weighted by molar-refractivity contribution is 6.07. The Balaban J connectivity index is 2.00. The monoisotopic (exact) mass is 375 g/mol. The minimum atomic E-state index is -4.73. The topological polar surface area (TPSA) is 56.1 Å². The molecule has 1 aromatic heterocycles. The molecule has 0 aliphatic rings. The Morgan fingerprint density at radius 2 is 1.70 bits per heavy atom. The number of aromatic nitrogens is 2. The molecule has 1 heterocycles. The molecule has 1 amide bonds. The van der Waals surface area contributed by atoms with Gasteiger partial charge in [-0.15, -0.1) is 0 Å². The molecular weight excluding hydrogens is 359 g/mol. The molecule has 0 unspecified atom stereocenters. The fourth-order valence-corrected chi connectivity index (χ4v) is 2.75. The molecule has 5 nitrogen and oxygen atoms in total. The molecule has 0 atom stereocenters. The molecule has 0 aliphatic heterocycles. The molecule has 0 saturated heterocycles. The normalized spacial score (nSPS) is 11.3. The lowest BCUT2D eigenvalue weighted by atomic mass is 10.0. The Labute approximate surface area is 153 Å². The van der Waals surface area contributed by atoms with Crippen LogP contribution in [0.2, 0.25) is 0 Å². The highest BCUT2D eigenvalue weighted by atomic mass is 19.4. The van der Waals surface area contributed by atoms with E-state index in [0.29, 0.717) is 22.6 Å². The van der Waals surface area contributed by atoms with Gasteiger partial charge in [0.1, 0.15) is 5.75 Å². The quantitative estimate of drug-likeness (QED) is 0.737. The number of para-hydroxylation sites is 2. The maximum atomic E-state index is 13.1. The zero-order valence-electron chi connectivity index (χ0n) is 14.5. The van der Waals surface area contributed by atoms with Crippen LogP contribution in [0.3, 0.4) is 0 Å². The Morgan fingerprint density at radius 1 is 1.07 bits per heavy atom. The van der Waals surface area contributed by atoms with E-state index >= 15 is 0 Å². The van der Waals surface area contributed by atoms with Crippen molar-refractivity contribution in [2.75, 3.05) is 12.4 Å². The molecule has 3 rings (SSSR count). The first kappa shape index (κ1) is 18.5. The molecule has 0 spiro atoms. The van der Waals surface area contributed by atoms with Gasteiger partial charge in [-0.2, -0.15) is 18.3 Å². The second-order valence-corrected chi connectivity index (χ2v) is 5.76. The summed E-state index contributed by atoms with van der Waals surface area (Å²) in [4.78, 5) is 12.5. The van der Waals surface area contributed by atoms with E-state index in [4.69, 9.17) is 4.74 Å². The Kier molecular flexibility index (Phi) is 4.89. The number of aryl methyl sites for hydroxylation is 1. The summed E-state index contributed by atoms with van der Waals surface area (Å²) in [6.45, 7) is 0. The number of anilines is 1. The van der Waals surface area contributed by atoms with E-state index < -0.39 is 23.3 Å². The number of benzene rings is 2. The summed E-state index contributed by atoms with van der Waals surface area (Å²) >= 11 is 0. The zero-order valence-corrected chi connectivity index (χ0v) is 14.5.